The summed E-state index contributed by atoms with van der Waals surface area (Å²) in [5, 5.41) is 7.04. The second-order valence-corrected chi connectivity index (χ2v) is 9.75. The summed E-state index contributed by atoms with van der Waals surface area (Å²) in [5.41, 5.74) is 2.60. The first kappa shape index (κ1) is 23.3. The van der Waals surface area contributed by atoms with Crippen LogP contribution in [-0.4, -0.2) is 24.1 Å². The fourth-order valence-corrected chi connectivity index (χ4v) is 5.54. The Morgan fingerprint density at radius 3 is 2.48 bits per heavy atom. The quantitative estimate of drug-likeness (QED) is 0.391. The fourth-order valence-electron chi connectivity index (χ4n) is 4.22. The average Bonchev–Trinajstić information content (AvgIpc) is 3.33. The minimum Gasteiger partial charge on any atom is -0.468 e. The highest BCUT2D eigenvalue weighted by Crippen LogP contribution is 2.43. The summed E-state index contributed by atoms with van der Waals surface area (Å²) in [5.74, 6) is -0.191. The van der Waals surface area contributed by atoms with E-state index in [0.29, 0.717) is 16.4 Å². The van der Waals surface area contributed by atoms with Gasteiger partial charge in [0.25, 0.3) is 0 Å². The Balaban J connectivity index is 1.46. The maximum absolute atomic E-state index is 12.6. The number of esters is 1. The molecule has 0 spiro atoms. The predicted octanol–water partition coefficient (Wildman–Crippen LogP) is 6.79. The third-order valence-electron chi connectivity index (χ3n) is 6.07. The number of anilines is 2. The molecule has 1 saturated carbocycles. The molecule has 1 heterocycles. The summed E-state index contributed by atoms with van der Waals surface area (Å²) < 4.78 is 5.15. The van der Waals surface area contributed by atoms with E-state index < -0.39 is 5.41 Å². The van der Waals surface area contributed by atoms with Gasteiger partial charge in [0.1, 0.15) is 10.4 Å². The molecule has 0 aliphatic heterocycles. The Morgan fingerprint density at radius 2 is 1.79 bits per heavy atom. The van der Waals surface area contributed by atoms with E-state index in [9.17, 15) is 9.59 Å². The fraction of sp³-hybridized carbons (Fsp3) is 0.320. The summed E-state index contributed by atoms with van der Waals surface area (Å²) in [6.45, 7) is 1.90. The van der Waals surface area contributed by atoms with Crippen LogP contribution in [0.5, 0.6) is 0 Å². The smallest absolute Gasteiger partial charge is 0.323 e. The van der Waals surface area contributed by atoms with Crippen molar-refractivity contribution in [2.75, 3.05) is 17.7 Å². The number of hydrogen-bond acceptors (Lipinski definition) is 5. The molecule has 0 bridgehead atoms. The number of amides is 2. The van der Waals surface area contributed by atoms with Crippen molar-refractivity contribution in [2.45, 2.75) is 44.4 Å². The van der Waals surface area contributed by atoms with Crippen molar-refractivity contribution in [3.8, 4) is 10.4 Å². The first-order valence-corrected chi connectivity index (χ1v) is 12.1. The van der Waals surface area contributed by atoms with Gasteiger partial charge in [-0.1, -0.05) is 49.1 Å². The van der Waals surface area contributed by atoms with E-state index in [1.165, 1.54) is 18.4 Å². The number of benzene rings is 2. The normalized spacial score (nSPS) is 15.0. The molecule has 3 aromatic rings. The molecule has 0 radical (unpaired) electrons. The molecule has 4 rings (SSSR count). The van der Waals surface area contributed by atoms with Crippen molar-refractivity contribution in [2.24, 2.45) is 0 Å². The molecule has 172 valence electrons. The van der Waals surface area contributed by atoms with Crippen molar-refractivity contribution in [3.63, 3.8) is 0 Å². The van der Waals surface area contributed by atoms with Crippen LogP contribution in [0.3, 0.4) is 0 Å². The van der Waals surface area contributed by atoms with Crippen molar-refractivity contribution < 1.29 is 14.3 Å². The first-order chi connectivity index (χ1) is 15.9. The topological polar surface area (TPSA) is 80.3 Å². The molecule has 1 aliphatic rings. The molecular formula is C25H26ClN3O3S. The lowest BCUT2D eigenvalue weighted by atomic mass is 9.74. The number of halogens is 1. The number of nitrogens with zero attached hydrogens (tertiary/aromatic N) is 1. The van der Waals surface area contributed by atoms with Crippen molar-refractivity contribution in [1.82, 2.24) is 4.98 Å². The second kappa shape index (κ2) is 9.93. The van der Waals surface area contributed by atoms with Crippen molar-refractivity contribution >= 4 is 46.3 Å². The van der Waals surface area contributed by atoms with Crippen LogP contribution >= 0.6 is 22.9 Å². The zero-order chi connectivity index (χ0) is 23.4. The lowest BCUT2D eigenvalue weighted by Crippen LogP contribution is -2.38. The van der Waals surface area contributed by atoms with E-state index >= 15 is 0 Å². The predicted molar refractivity (Wildman–Crippen MR) is 133 cm³/mol. The maximum atomic E-state index is 12.6. The van der Waals surface area contributed by atoms with E-state index in [2.05, 4.69) is 15.6 Å². The summed E-state index contributed by atoms with van der Waals surface area (Å²) in [6, 6.07) is 12.6. The first-order valence-electron chi connectivity index (χ1n) is 10.9. The van der Waals surface area contributed by atoms with Gasteiger partial charge in [-0.2, -0.15) is 0 Å². The molecule has 1 aliphatic carbocycles. The van der Waals surface area contributed by atoms with Crippen LogP contribution in [-0.2, 0) is 14.9 Å². The van der Waals surface area contributed by atoms with Crippen LogP contribution in [0.1, 0.15) is 42.7 Å². The van der Waals surface area contributed by atoms with E-state index in [4.69, 9.17) is 16.3 Å². The zero-order valence-electron chi connectivity index (χ0n) is 18.6. The number of hydrogen-bond donors (Lipinski definition) is 2. The van der Waals surface area contributed by atoms with Crippen LogP contribution in [0.2, 0.25) is 5.02 Å². The standard InChI is InChI=1S/C25H26ClN3O3S/c1-16-6-9-18(26)14-20(16)29-24(31)28-19-10-7-17(8-11-19)21-15-27-22(33-21)25(23(30)32-2)12-4-3-5-13-25/h6-11,14-15H,3-5,12-13H2,1-2H3,(H2,28,29,31). The molecular weight excluding hydrogens is 458 g/mol. The molecule has 1 aromatic heterocycles. The van der Waals surface area contributed by atoms with Crippen LogP contribution in [0, 0.1) is 6.92 Å². The van der Waals surface area contributed by atoms with E-state index in [0.717, 1.165) is 53.1 Å². The maximum Gasteiger partial charge on any atom is 0.323 e. The zero-order valence-corrected chi connectivity index (χ0v) is 20.2. The summed E-state index contributed by atoms with van der Waals surface area (Å²) in [4.78, 5) is 30.6. The van der Waals surface area contributed by atoms with Crippen LogP contribution in [0.15, 0.2) is 48.7 Å². The molecule has 6 nitrogen and oxygen atoms in total. The van der Waals surface area contributed by atoms with E-state index in [1.807, 2.05) is 43.5 Å². The van der Waals surface area contributed by atoms with Gasteiger partial charge in [0.2, 0.25) is 0 Å². The summed E-state index contributed by atoms with van der Waals surface area (Å²) >= 11 is 7.56. The van der Waals surface area contributed by atoms with Crippen LogP contribution in [0.25, 0.3) is 10.4 Å². The molecule has 1 fully saturated rings. The summed E-state index contributed by atoms with van der Waals surface area (Å²) in [6.07, 6.45) is 6.50. The van der Waals surface area contributed by atoms with Gasteiger partial charge in [0, 0.05) is 22.6 Å². The Hall–Kier alpha value is -2.90. The van der Waals surface area contributed by atoms with Gasteiger partial charge in [0.15, 0.2) is 0 Å². The molecule has 2 aromatic carbocycles. The number of aromatic nitrogens is 1. The van der Waals surface area contributed by atoms with Crippen molar-refractivity contribution in [3.05, 3.63) is 64.3 Å². The molecule has 2 N–H and O–H groups in total. The Morgan fingerprint density at radius 1 is 1.06 bits per heavy atom. The monoisotopic (exact) mass is 483 g/mol. The number of methoxy groups -OCH3 is 1. The van der Waals surface area contributed by atoms with Gasteiger partial charge in [-0.05, 0) is 55.2 Å². The van der Waals surface area contributed by atoms with Gasteiger partial charge in [-0.25, -0.2) is 9.78 Å². The molecule has 8 heteroatoms. The number of urea groups is 1. The molecule has 33 heavy (non-hydrogen) atoms. The number of ether oxygens (including phenoxy) is 1. The van der Waals surface area contributed by atoms with E-state index in [1.54, 1.807) is 12.1 Å². The molecule has 0 unspecified atom stereocenters. The van der Waals surface area contributed by atoms with E-state index in [-0.39, 0.29) is 12.0 Å². The number of carbonyl (C=O) groups is 2. The lowest BCUT2D eigenvalue weighted by molar-refractivity contribution is -0.149. The highest BCUT2D eigenvalue weighted by atomic mass is 35.5. The molecule has 2 amide bonds. The average molecular weight is 484 g/mol. The second-order valence-electron chi connectivity index (χ2n) is 8.28. The minimum atomic E-state index is -0.631. The SMILES string of the molecule is COC(=O)C1(c2ncc(-c3ccc(NC(=O)Nc4cc(Cl)ccc4C)cc3)s2)CCCCC1. The Kier molecular flexibility index (Phi) is 7.00. The van der Waals surface area contributed by atoms with Gasteiger partial charge < -0.3 is 15.4 Å². The van der Waals surface area contributed by atoms with Gasteiger partial charge in [0.05, 0.1) is 12.0 Å². The highest BCUT2D eigenvalue weighted by molar-refractivity contribution is 7.15. The van der Waals surface area contributed by atoms with Crippen LogP contribution < -0.4 is 10.6 Å². The van der Waals surface area contributed by atoms with Crippen LogP contribution in [0.4, 0.5) is 16.2 Å². The van der Waals surface area contributed by atoms with Gasteiger partial charge in [-0.15, -0.1) is 11.3 Å². The minimum absolute atomic E-state index is 0.191. The number of aryl methyl sites for hydroxylation is 1. The van der Waals surface area contributed by atoms with Gasteiger partial charge in [-0.3, -0.25) is 4.79 Å². The van der Waals surface area contributed by atoms with Gasteiger partial charge >= 0.3 is 12.0 Å². The number of rotatable bonds is 5. The highest BCUT2D eigenvalue weighted by Gasteiger charge is 2.44. The lowest BCUT2D eigenvalue weighted by Gasteiger charge is -2.32. The third-order valence-corrected chi connectivity index (χ3v) is 7.56. The summed E-state index contributed by atoms with van der Waals surface area (Å²) in [7, 11) is 1.45. The molecule has 0 saturated heterocycles. The number of thiazole rings is 1. The third kappa shape index (κ3) is 5.04. The Bertz CT molecular complexity index is 1150. The largest absolute Gasteiger partial charge is 0.468 e. The Labute approximate surface area is 202 Å². The molecule has 0 atom stereocenters. The number of nitrogens with one attached hydrogen (secondary N) is 2. The number of carbonyl (C=O) groups excluding carboxylic acids is 2. The van der Waals surface area contributed by atoms with Crippen molar-refractivity contribution in [1.29, 1.82) is 0 Å².